The Kier molecular flexibility index (Phi) is 3.63. The van der Waals surface area contributed by atoms with Crippen LogP contribution in [0.3, 0.4) is 0 Å². The SMILES string of the molecule is CC(=O)OC[C@@H]1C[C@H]2CC[C@]1(COC(C)=O)C2(C)C. The van der Waals surface area contributed by atoms with Gasteiger partial charge in [0.2, 0.25) is 0 Å². The third-order valence-electron chi connectivity index (χ3n) is 5.61. The van der Waals surface area contributed by atoms with Crippen LogP contribution >= 0.6 is 0 Å². The molecule has 2 fully saturated rings. The highest BCUT2D eigenvalue weighted by Crippen LogP contribution is 2.68. The lowest BCUT2D eigenvalue weighted by Gasteiger charge is -2.41. The van der Waals surface area contributed by atoms with Gasteiger partial charge in [0.15, 0.2) is 0 Å². The fourth-order valence-corrected chi connectivity index (χ4v) is 4.29. The number of fused-ring (bicyclic) bond motifs is 2. The smallest absolute Gasteiger partial charge is 0.302 e. The number of ether oxygens (including phenoxy) is 2. The Morgan fingerprint density at radius 1 is 1.16 bits per heavy atom. The average Bonchev–Trinajstić information content (AvgIpc) is 2.68. The molecule has 0 N–H and O–H groups in total. The summed E-state index contributed by atoms with van der Waals surface area (Å²) in [5.74, 6) is 0.489. The minimum absolute atomic E-state index is 0.0290. The topological polar surface area (TPSA) is 52.6 Å². The minimum Gasteiger partial charge on any atom is -0.466 e. The summed E-state index contributed by atoms with van der Waals surface area (Å²) in [6.45, 7) is 8.33. The van der Waals surface area contributed by atoms with Gasteiger partial charge in [-0.15, -0.1) is 0 Å². The summed E-state index contributed by atoms with van der Waals surface area (Å²) in [4.78, 5) is 22.2. The first-order valence-corrected chi connectivity index (χ1v) is 7.06. The largest absolute Gasteiger partial charge is 0.466 e. The minimum atomic E-state index is -0.233. The lowest BCUT2D eigenvalue weighted by Crippen LogP contribution is -2.42. The van der Waals surface area contributed by atoms with Gasteiger partial charge in [0.05, 0.1) is 13.2 Å². The Hall–Kier alpha value is -1.06. The molecule has 0 aromatic heterocycles. The highest BCUT2D eigenvalue weighted by molar-refractivity contribution is 5.66. The number of carbonyl (C=O) groups excluding carboxylic acids is 2. The zero-order chi connectivity index (χ0) is 14.3. The molecule has 0 aliphatic heterocycles. The molecule has 0 saturated heterocycles. The molecule has 0 unspecified atom stereocenters. The molecule has 0 radical (unpaired) electrons. The third kappa shape index (κ3) is 2.26. The molecule has 2 rings (SSSR count). The second kappa shape index (κ2) is 4.80. The van der Waals surface area contributed by atoms with Gasteiger partial charge in [-0.25, -0.2) is 0 Å². The van der Waals surface area contributed by atoms with Crippen molar-refractivity contribution in [3.8, 4) is 0 Å². The van der Waals surface area contributed by atoms with Crippen LogP contribution in [0.4, 0.5) is 0 Å². The van der Waals surface area contributed by atoms with Gasteiger partial charge in [0, 0.05) is 25.2 Å². The second-order valence-corrected chi connectivity index (χ2v) is 6.63. The molecule has 4 nitrogen and oxygen atoms in total. The van der Waals surface area contributed by atoms with Crippen LogP contribution < -0.4 is 0 Å². The second-order valence-electron chi connectivity index (χ2n) is 6.63. The van der Waals surface area contributed by atoms with Crippen LogP contribution in [0.25, 0.3) is 0 Å². The highest BCUT2D eigenvalue weighted by atomic mass is 16.5. The van der Waals surface area contributed by atoms with Crippen LogP contribution in [0.2, 0.25) is 0 Å². The molecule has 4 heteroatoms. The van der Waals surface area contributed by atoms with E-state index < -0.39 is 0 Å². The Labute approximate surface area is 114 Å². The number of esters is 2. The molecule has 0 heterocycles. The van der Waals surface area contributed by atoms with Crippen molar-refractivity contribution in [2.75, 3.05) is 13.2 Å². The predicted molar refractivity (Wildman–Crippen MR) is 70.3 cm³/mol. The van der Waals surface area contributed by atoms with Gasteiger partial charge in [-0.2, -0.15) is 0 Å². The van der Waals surface area contributed by atoms with Crippen molar-refractivity contribution in [3.63, 3.8) is 0 Å². The molecule has 2 aliphatic rings. The van der Waals surface area contributed by atoms with Gasteiger partial charge in [0.1, 0.15) is 0 Å². The first-order valence-electron chi connectivity index (χ1n) is 7.06. The third-order valence-corrected chi connectivity index (χ3v) is 5.61. The molecule has 0 amide bonds. The van der Waals surface area contributed by atoms with E-state index >= 15 is 0 Å². The van der Waals surface area contributed by atoms with Crippen molar-refractivity contribution < 1.29 is 19.1 Å². The summed E-state index contributed by atoms with van der Waals surface area (Å²) in [5, 5.41) is 0. The molecule has 108 valence electrons. The van der Waals surface area contributed by atoms with Crippen LogP contribution in [-0.4, -0.2) is 25.2 Å². The van der Waals surface area contributed by atoms with E-state index in [1.807, 2.05) is 0 Å². The van der Waals surface area contributed by atoms with Crippen LogP contribution in [0.5, 0.6) is 0 Å². The molecule has 0 aromatic carbocycles. The maximum absolute atomic E-state index is 11.1. The summed E-state index contributed by atoms with van der Waals surface area (Å²) >= 11 is 0. The van der Waals surface area contributed by atoms with Crippen molar-refractivity contribution in [2.24, 2.45) is 22.7 Å². The summed E-state index contributed by atoms with van der Waals surface area (Å²) in [6.07, 6.45) is 3.32. The van der Waals surface area contributed by atoms with Crippen molar-refractivity contribution in [1.82, 2.24) is 0 Å². The molecule has 2 aliphatic carbocycles. The fraction of sp³-hybridized carbons (Fsp3) is 0.867. The van der Waals surface area contributed by atoms with E-state index in [4.69, 9.17) is 9.47 Å². The van der Waals surface area contributed by atoms with Gasteiger partial charge in [-0.1, -0.05) is 13.8 Å². The fourth-order valence-electron chi connectivity index (χ4n) is 4.29. The van der Waals surface area contributed by atoms with Crippen LogP contribution in [-0.2, 0) is 19.1 Å². The van der Waals surface area contributed by atoms with Crippen molar-refractivity contribution in [3.05, 3.63) is 0 Å². The van der Waals surface area contributed by atoms with Crippen LogP contribution in [0.1, 0.15) is 47.0 Å². The summed E-state index contributed by atoms with van der Waals surface area (Å²) in [7, 11) is 0. The molecular formula is C15H24O4. The first kappa shape index (κ1) is 14.4. The average molecular weight is 268 g/mol. The van der Waals surface area contributed by atoms with E-state index in [1.165, 1.54) is 20.3 Å². The van der Waals surface area contributed by atoms with E-state index in [-0.39, 0.29) is 22.8 Å². The van der Waals surface area contributed by atoms with E-state index in [2.05, 4.69) is 13.8 Å². The Morgan fingerprint density at radius 2 is 1.79 bits per heavy atom. The maximum Gasteiger partial charge on any atom is 0.302 e. The molecule has 2 bridgehead atoms. The molecular weight excluding hydrogens is 244 g/mol. The van der Waals surface area contributed by atoms with Gasteiger partial charge in [0.25, 0.3) is 0 Å². The van der Waals surface area contributed by atoms with Gasteiger partial charge in [-0.3, -0.25) is 9.59 Å². The molecule has 0 spiro atoms. The maximum atomic E-state index is 11.1. The van der Waals surface area contributed by atoms with E-state index in [1.54, 1.807) is 0 Å². The van der Waals surface area contributed by atoms with E-state index in [0.29, 0.717) is 25.0 Å². The summed E-state index contributed by atoms with van der Waals surface area (Å²) < 4.78 is 10.6. The number of hydrogen-bond acceptors (Lipinski definition) is 4. The van der Waals surface area contributed by atoms with Crippen molar-refractivity contribution in [2.45, 2.75) is 47.0 Å². The summed E-state index contributed by atoms with van der Waals surface area (Å²) in [6, 6.07) is 0. The Morgan fingerprint density at radius 3 is 2.32 bits per heavy atom. The normalized spacial score (nSPS) is 35.2. The zero-order valence-electron chi connectivity index (χ0n) is 12.3. The first-order chi connectivity index (χ1) is 8.79. The van der Waals surface area contributed by atoms with Crippen molar-refractivity contribution >= 4 is 11.9 Å². The molecule has 19 heavy (non-hydrogen) atoms. The quantitative estimate of drug-likeness (QED) is 0.735. The number of rotatable bonds is 4. The van der Waals surface area contributed by atoms with E-state index in [0.717, 1.165) is 12.8 Å². The van der Waals surface area contributed by atoms with Gasteiger partial charge >= 0.3 is 11.9 Å². The van der Waals surface area contributed by atoms with Gasteiger partial charge < -0.3 is 9.47 Å². The number of hydrogen-bond donors (Lipinski definition) is 0. The van der Waals surface area contributed by atoms with Crippen LogP contribution in [0.15, 0.2) is 0 Å². The van der Waals surface area contributed by atoms with Crippen LogP contribution in [0, 0.1) is 22.7 Å². The molecule has 2 saturated carbocycles. The monoisotopic (exact) mass is 268 g/mol. The molecule has 0 aromatic rings. The predicted octanol–water partition coefficient (Wildman–Crippen LogP) is 2.56. The lowest BCUT2D eigenvalue weighted by molar-refractivity contribution is -0.153. The number of carbonyl (C=O) groups is 2. The molecule has 3 atom stereocenters. The van der Waals surface area contributed by atoms with E-state index in [9.17, 15) is 9.59 Å². The summed E-state index contributed by atoms with van der Waals surface area (Å²) in [5.41, 5.74) is 0.117. The van der Waals surface area contributed by atoms with Crippen molar-refractivity contribution in [1.29, 1.82) is 0 Å². The standard InChI is InChI=1S/C15H24O4/c1-10(16)18-8-13-7-12-5-6-15(13,14(12,3)4)9-19-11(2)17/h12-13H,5-9H2,1-4H3/t12-,13+,15-/m1/s1. The zero-order valence-corrected chi connectivity index (χ0v) is 12.3. The Balaban J connectivity index is 2.15. The highest BCUT2D eigenvalue weighted by Gasteiger charge is 2.64. The van der Waals surface area contributed by atoms with Gasteiger partial charge in [-0.05, 0) is 30.6 Å². The Bertz CT molecular complexity index is 388. The lowest BCUT2D eigenvalue weighted by atomic mass is 9.66.